The molecule has 1 aromatic heterocycles. The van der Waals surface area contributed by atoms with Crippen molar-refractivity contribution in [3.63, 3.8) is 0 Å². The highest BCUT2D eigenvalue weighted by molar-refractivity contribution is 7.80. The van der Waals surface area contributed by atoms with E-state index in [4.69, 9.17) is 0 Å². The third kappa shape index (κ3) is 2.19. The minimum atomic E-state index is -0.936. The fourth-order valence-corrected chi connectivity index (χ4v) is 1.77. The van der Waals surface area contributed by atoms with Crippen molar-refractivity contribution < 1.29 is 10.2 Å². The van der Waals surface area contributed by atoms with Crippen molar-refractivity contribution in [2.24, 2.45) is 0 Å². The van der Waals surface area contributed by atoms with Crippen LogP contribution >= 0.6 is 12.6 Å². The van der Waals surface area contributed by atoms with Crippen molar-refractivity contribution in [2.75, 3.05) is 5.75 Å². The Morgan fingerprint density at radius 1 is 1.25 bits per heavy atom. The second kappa shape index (κ2) is 4.82. The van der Waals surface area contributed by atoms with Crippen LogP contribution < -0.4 is 0 Å². The zero-order valence-corrected chi connectivity index (χ0v) is 9.51. The van der Waals surface area contributed by atoms with Gasteiger partial charge in [-0.25, -0.2) is 0 Å². The second-order valence-electron chi connectivity index (χ2n) is 3.66. The molecule has 1 heterocycles. The van der Waals surface area contributed by atoms with Crippen molar-refractivity contribution in [3.05, 3.63) is 42.1 Å². The maximum absolute atomic E-state index is 9.81. The molecule has 0 spiro atoms. The molecule has 4 heteroatoms. The minimum absolute atomic E-state index is 0.216. The van der Waals surface area contributed by atoms with Gasteiger partial charge in [0, 0.05) is 22.9 Å². The van der Waals surface area contributed by atoms with Gasteiger partial charge in [-0.1, -0.05) is 18.2 Å². The normalized spacial score (nSPS) is 14.9. The summed E-state index contributed by atoms with van der Waals surface area (Å²) in [5, 5.41) is 20.3. The van der Waals surface area contributed by atoms with Crippen molar-refractivity contribution in [3.8, 4) is 0 Å². The second-order valence-corrected chi connectivity index (χ2v) is 4.02. The van der Waals surface area contributed by atoms with E-state index in [1.807, 2.05) is 30.3 Å². The molecule has 2 atom stereocenters. The van der Waals surface area contributed by atoms with Gasteiger partial charge in [-0.2, -0.15) is 12.6 Å². The van der Waals surface area contributed by atoms with Crippen LogP contribution in [-0.4, -0.2) is 27.1 Å². The smallest absolute Gasteiger partial charge is 0.107 e. The van der Waals surface area contributed by atoms with E-state index in [0.29, 0.717) is 5.56 Å². The largest absolute Gasteiger partial charge is 0.389 e. The molecule has 16 heavy (non-hydrogen) atoms. The molecule has 0 aliphatic carbocycles. The highest BCUT2D eigenvalue weighted by Crippen LogP contribution is 2.20. The number of aromatic nitrogens is 1. The zero-order valence-electron chi connectivity index (χ0n) is 8.61. The summed E-state index contributed by atoms with van der Waals surface area (Å²) in [7, 11) is 0. The number of nitrogens with zero attached hydrogens (tertiary/aromatic N) is 1. The van der Waals surface area contributed by atoms with Crippen LogP contribution in [0.15, 0.2) is 36.5 Å². The number of rotatable bonds is 3. The lowest BCUT2D eigenvalue weighted by atomic mass is 10.1. The lowest BCUT2D eigenvalue weighted by Crippen LogP contribution is -2.19. The van der Waals surface area contributed by atoms with Crippen LogP contribution in [-0.2, 0) is 0 Å². The summed E-state index contributed by atoms with van der Waals surface area (Å²) in [6, 6.07) is 9.48. The minimum Gasteiger partial charge on any atom is -0.389 e. The molecular formula is C12H13NO2S. The Kier molecular flexibility index (Phi) is 3.43. The number of hydrogen-bond acceptors (Lipinski definition) is 4. The van der Waals surface area contributed by atoms with E-state index in [2.05, 4.69) is 17.6 Å². The van der Waals surface area contributed by atoms with E-state index in [0.717, 1.165) is 10.9 Å². The number of fused-ring (bicyclic) bond motifs is 1. The lowest BCUT2D eigenvalue weighted by Gasteiger charge is -2.16. The highest BCUT2D eigenvalue weighted by Gasteiger charge is 2.17. The molecule has 2 aromatic rings. The number of benzene rings is 1. The molecule has 3 nitrogen and oxygen atoms in total. The van der Waals surface area contributed by atoms with Gasteiger partial charge in [0.25, 0.3) is 0 Å². The Balaban J connectivity index is 2.39. The van der Waals surface area contributed by atoms with Crippen molar-refractivity contribution in [1.82, 2.24) is 4.98 Å². The van der Waals surface area contributed by atoms with Crippen LogP contribution in [0.2, 0.25) is 0 Å². The van der Waals surface area contributed by atoms with Crippen LogP contribution in [0.4, 0.5) is 0 Å². The summed E-state index contributed by atoms with van der Waals surface area (Å²) in [5.41, 5.74) is 1.49. The molecule has 2 N–H and O–H groups in total. The molecule has 2 rings (SSSR count). The van der Waals surface area contributed by atoms with Gasteiger partial charge in [-0.3, -0.25) is 4.98 Å². The van der Waals surface area contributed by atoms with Crippen molar-refractivity contribution in [2.45, 2.75) is 12.2 Å². The Labute approximate surface area is 99.2 Å². The van der Waals surface area contributed by atoms with Crippen LogP contribution in [0.25, 0.3) is 10.9 Å². The van der Waals surface area contributed by atoms with E-state index in [9.17, 15) is 10.2 Å². The number of pyridine rings is 1. The topological polar surface area (TPSA) is 53.4 Å². The van der Waals surface area contributed by atoms with Crippen molar-refractivity contribution >= 4 is 23.5 Å². The van der Waals surface area contributed by atoms with Gasteiger partial charge < -0.3 is 10.2 Å². The number of aliphatic hydroxyl groups excluding tert-OH is 2. The fourth-order valence-electron chi connectivity index (χ4n) is 1.57. The third-order valence-corrected chi connectivity index (χ3v) is 2.88. The van der Waals surface area contributed by atoms with E-state index in [1.54, 1.807) is 6.20 Å². The molecule has 0 fully saturated rings. The predicted molar refractivity (Wildman–Crippen MR) is 66.6 cm³/mol. The van der Waals surface area contributed by atoms with Crippen molar-refractivity contribution in [1.29, 1.82) is 0 Å². The van der Waals surface area contributed by atoms with Crippen LogP contribution in [0.5, 0.6) is 0 Å². The molecule has 0 amide bonds. The molecule has 1 aromatic carbocycles. The van der Waals surface area contributed by atoms with E-state index in [1.165, 1.54) is 0 Å². The number of para-hydroxylation sites is 1. The molecular weight excluding hydrogens is 222 g/mol. The number of hydrogen-bond donors (Lipinski definition) is 3. The van der Waals surface area contributed by atoms with Gasteiger partial charge in [0.1, 0.15) is 6.10 Å². The first-order valence-corrected chi connectivity index (χ1v) is 5.67. The van der Waals surface area contributed by atoms with Crippen LogP contribution in [0.3, 0.4) is 0 Å². The first kappa shape index (κ1) is 11.4. The monoisotopic (exact) mass is 235 g/mol. The standard InChI is InChI=1S/C12H13NO2S/c14-11(7-16)12(15)9-5-8-3-1-2-4-10(8)13-6-9/h1-6,11-12,14-16H,7H2. The summed E-state index contributed by atoms with van der Waals surface area (Å²) in [6.07, 6.45) is -0.222. The quantitative estimate of drug-likeness (QED) is 0.708. The van der Waals surface area contributed by atoms with Crippen LogP contribution in [0, 0.1) is 0 Å². The summed E-state index contributed by atoms with van der Waals surface area (Å²) in [4.78, 5) is 4.22. The van der Waals surface area contributed by atoms with Gasteiger partial charge in [0.05, 0.1) is 11.6 Å². The maximum Gasteiger partial charge on any atom is 0.107 e. The summed E-state index contributed by atoms with van der Waals surface area (Å²) in [6.45, 7) is 0. The average Bonchev–Trinajstić information content (AvgIpc) is 2.36. The Bertz CT molecular complexity index is 489. The zero-order chi connectivity index (χ0) is 11.5. The molecule has 84 valence electrons. The van der Waals surface area contributed by atoms with Gasteiger partial charge in [0.15, 0.2) is 0 Å². The Morgan fingerprint density at radius 3 is 2.75 bits per heavy atom. The first-order chi connectivity index (χ1) is 7.72. The first-order valence-electron chi connectivity index (χ1n) is 5.04. The molecule has 0 bridgehead atoms. The average molecular weight is 235 g/mol. The van der Waals surface area contributed by atoms with Gasteiger partial charge >= 0.3 is 0 Å². The van der Waals surface area contributed by atoms with Crippen LogP contribution in [0.1, 0.15) is 11.7 Å². The van der Waals surface area contributed by atoms with E-state index in [-0.39, 0.29) is 5.75 Å². The fraction of sp³-hybridized carbons (Fsp3) is 0.250. The predicted octanol–water partition coefficient (Wildman–Crippen LogP) is 1.56. The summed E-state index contributed by atoms with van der Waals surface area (Å²) >= 11 is 3.95. The van der Waals surface area contributed by atoms with E-state index < -0.39 is 12.2 Å². The molecule has 0 saturated carbocycles. The summed E-state index contributed by atoms with van der Waals surface area (Å²) < 4.78 is 0. The molecule has 0 saturated heterocycles. The number of aliphatic hydroxyl groups is 2. The molecule has 0 aliphatic heterocycles. The highest BCUT2D eigenvalue weighted by atomic mass is 32.1. The third-order valence-electron chi connectivity index (χ3n) is 2.50. The van der Waals surface area contributed by atoms with E-state index >= 15 is 0 Å². The Hall–Kier alpha value is -1.10. The SMILES string of the molecule is OC(CS)C(O)c1cnc2ccccc2c1. The van der Waals surface area contributed by atoms with Gasteiger partial charge in [-0.15, -0.1) is 0 Å². The number of thiol groups is 1. The van der Waals surface area contributed by atoms with Gasteiger partial charge in [-0.05, 0) is 12.1 Å². The van der Waals surface area contributed by atoms with Gasteiger partial charge in [0.2, 0.25) is 0 Å². The maximum atomic E-state index is 9.81. The Morgan fingerprint density at radius 2 is 2.00 bits per heavy atom. The molecule has 2 unspecified atom stereocenters. The molecule has 0 aliphatic rings. The summed E-state index contributed by atoms with van der Waals surface area (Å²) in [5.74, 6) is 0.216. The lowest BCUT2D eigenvalue weighted by molar-refractivity contribution is 0.0336. The molecule has 0 radical (unpaired) electrons.